The first kappa shape index (κ1) is 17.5. The molecule has 0 spiro atoms. The number of aryl methyl sites for hydroxylation is 2. The lowest BCUT2D eigenvalue weighted by molar-refractivity contribution is -0.122. The van der Waals surface area contributed by atoms with Gasteiger partial charge in [0.25, 0.3) is 5.56 Å². The third kappa shape index (κ3) is 4.61. The van der Waals surface area contributed by atoms with E-state index in [1.807, 2.05) is 29.8 Å². The molecule has 1 amide bonds. The normalized spacial score (nSPS) is 12.1. The average molecular weight is 374 g/mol. The maximum absolute atomic E-state index is 12.5. The first-order valence-electron chi connectivity index (χ1n) is 7.80. The van der Waals surface area contributed by atoms with Crippen molar-refractivity contribution in [3.8, 4) is 0 Å². The molecule has 0 fully saturated rings. The number of rotatable bonds is 6. The van der Waals surface area contributed by atoms with Crippen LogP contribution in [0.25, 0.3) is 0 Å². The molecule has 3 aromatic heterocycles. The smallest absolute Gasteiger partial charge is 0.267 e. The van der Waals surface area contributed by atoms with Gasteiger partial charge >= 0.3 is 0 Å². The molecule has 130 valence electrons. The molecule has 8 heteroatoms. The van der Waals surface area contributed by atoms with E-state index in [4.69, 9.17) is 0 Å². The Morgan fingerprint density at radius 3 is 2.76 bits per heavy atom. The summed E-state index contributed by atoms with van der Waals surface area (Å²) in [5.74, 6) is -0.255. The second kappa shape index (κ2) is 7.71. The Bertz CT molecular complexity index is 915. The van der Waals surface area contributed by atoms with Gasteiger partial charge in [0, 0.05) is 28.4 Å². The van der Waals surface area contributed by atoms with E-state index in [0.29, 0.717) is 12.1 Å². The van der Waals surface area contributed by atoms with Crippen LogP contribution in [0.4, 0.5) is 0 Å². The third-order valence-electron chi connectivity index (χ3n) is 3.55. The third-order valence-corrected chi connectivity index (χ3v) is 5.52. The maximum Gasteiger partial charge on any atom is 0.267 e. The zero-order valence-corrected chi connectivity index (χ0v) is 15.6. The molecule has 0 unspecified atom stereocenters. The van der Waals surface area contributed by atoms with Crippen molar-refractivity contribution in [3.05, 3.63) is 66.7 Å². The molecule has 3 rings (SSSR count). The Kier molecular flexibility index (Phi) is 5.40. The fourth-order valence-corrected chi connectivity index (χ4v) is 4.00. The Labute approximate surface area is 153 Å². The number of carbonyl (C=O) groups is 1. The highest BCUT2D eigenvalue weighted by Crippen LogP contribution is 2.24. The van der Waals surface area contributed by atoms with Gasteiger partial charge in [-0.25, -0.2) is 9.67 Å². The highest BCUT2D eigenvalue weighted by Gasteiger charge is 2.19. The van der Waals surface area contributed by atoms with Crippen LogP contribution in [0.1, 0.15) is 27.3 Å². The summed E-state index contributed by atoms with van der Waals surface area (Å²) in [6.45, 7) is 3.61. The van der Waals surface area contributed by atoms with E-state index in [1.165, 1.54) is 27.0 Å². The van der Waals surface area contributed by atoms with Crippen LogP contribution in [0, 0.1) is 13.8 Å². The van der Waals surface area contributed by atoms with Crippen LogP contribution < -0.4 is 10.9 Å². The van der Waals surface area contributed by atoms with Crippen LogP contribution in [0.2, 0.25) is 0 Å². The molecule has 1 N–H and O–H groups in total. The standard InChI is InChI=1S/C17H18N4O2S2/c1-11-5-6-16(23)21(20-11)9-15(22)19-14(8-13-4-3-7-24-13)17-18-12(2)10-25-17/h3-7,10,14H,8-9H2,1-2H3,(H,19,22)/t14-/m1/s1. The molecule has 0 saturated heterocycles. The maximum atomic E-state index is 12.5. The van der Waals surface area contributed by atoms with Crippen molar-refractivity contribution < 1.29 is 4.79 Å². The fourth-order valence-electron chi connectivity index (χ4n) is 2.40. The van der Waals surface area contributed by atoms with Gasteiger partial charge in [-0.1, -0.05) is 6.07 Å². The Balaban J connectivity index is 1.76. The van der Waals surface area contributed by atoms with Crippen LogP contribution in [0.15, 0.2) is 39.8 Å². The molecule has 0 bridgehead atoms. The van der Waals surface area contributed by atoms with E-state index in [1.54, 1.807) is 24.3 Å². The van der Waals surface area contributed by atoms with Gasteiger partial charge in [0.15, 0.2) is 0 Å². The monoisotopic (exact) mass is 374 g/mol. The highest BCUT2D eigenvalue weighted by molar-refractivity contribution is 7.10. The number of nitrogens with zero attached hydrogens (tertiary/aromatic N) is 3. The number of carbonyl (C=O) groups excluding carboxylic acids is 1. The van der Waals surface area contributed by atoms with Gasteiger partial charge < -0.3 is 5.32 Å². The molecule has 25 heavy (non-hydrogen) atoms. The van der Waals surface area contributed by atoms with E-state index in [-0.39, 0.29) is 24.1 Å². The van der Waals surface area contributed by atoms with E-state index < -0.39 is 0 Å². The number of nitrogens with one attached hydrogen (secondary N) is 1. The topological polar surface area (TPSA) is 76.9 Å². The SMILES string of the molecule is Cc1csc([C@@H](Cc2cccs2)NC(=O)Cn2nc(C)ccc2=O)n1. The molecule has 1 atom stereocenters. The minimum Gasteiger partial charge on any atom is -0.345 e. The van der Waals surface area contributed by atoms with Crippen LogP contribution >= 0.6 is 22.7 Å². The quantitative estimate of drug-likeness (QED) is 0.719. The minimum absolute atomic E-state index is 0.105. The van der Waals surface area contributed by atoms with Crippen molar-refractivity contribution in [1.29, 1.82) is 0 Å². The summed E-state index contributed by atoms with van der Waals surface area (Å²) in [6.07, 6.45) is 0.673. The molecule has 0 aliphatic heterocycles. The zero-order chi connectivity index (χ0) is 17.8. The summed E-state index contributed by atoms with van der Waals surface area (Å²) >= 11 is 3.17. The van der Waals surface area contributed by atoms with Gasteiger partial charge in [-0.2, -0.15) is 5.10 Å². The fraction of sp³-hybridized carbons (Fsp3) is 0.294. The first-order chi connectivity index (χ1) is 12.0. The van der Waals surface area contributed by atoms with Crippen molar-refractivity contribution in [2.45, 2.75) is 32.9 Å². The summed E-state index contributed by atoms with van der Waals surface area (Å²) in [5.41, 5.74) is 1.33. The summed E-state index contributed by atoms with van der Waals surface area (Å²) in [7, 11) is 0. The molecule has 0 radical (unpaired) electrons. The molecule has 6 nitrogen and oxygen atoms in total. The average Bonchev–Trinajstić information content (AvgIpc) is 3.22. The lowest BCUT2D eigenvalue weighted by Gasteiger charge is -2.16. The molecular formula is C17H18N4O2S2. The number of aromatic nitrogens is 3. The van der Waals surface area contributed by atoms with Gasteiger partial charge in [-0.15, -0.1) is 22.7 Å². The number of thiazole rings is 1. The summed E-state index contributed by atoms with van der Waals surface area (Å²) in [5, 5.41) is 11.9. The molecule has 0 aliphatic carbocycles. The first-order valence-corrected chi connectivity index (χ1v) is 9.56. The summed E-state index contributed by atoms with van der Waals surface area (Å²) < 4.78 is 1.18. The van der Waals surface area contributed by atoms with E-state index in [9.17, 15) is 9.59 Å². The predicted molar refractivity (Wildman–Crippen MR) is 99.0 cm³/mol. The molecular weight excluding hydrogens is 356 g/mol. The van der Waals surface area contributed by atoms with Crippen LogP contribution in [-0.2, 0) is 17.8 Å². The van der Waals surface area contributed by atoms with Crippen LogP contribution in [-0.4, -0.2) is 20.7 Å². The highest BCUT2D eigenvalue weighted by atomic mass is 32.1. The Morgan fingerprint density at radius 2 is 2.08 bits per heavy atom. The molecule has 0 aliphatic rings. The number of hydrogen-bond acceptors (Lipinski definition) is 6. The Morgan fingerprint density at radius 1 is 1.24 bits per heavy atom. The van der Waals surface area contributed by atoms with Crippen molar-refractivity contribution in [2.75, 3.05) is 0 Å². The lowest BCUT2D eigenvalue weighted by atomic mass is 10.2. The van der Waals surface area contributed by atoms with Crippen LogP contribution in [0.3, 0.4) is 0 Å². The van der Waals surface area contributed by atoms with Crippen LogP contribution in [0.5, 0.6) is 0 Å². The van der Waals surface area contributed by atoms with Gasteiger partial charge in [0.1, 0.15) is 11.6 Å². The molecule has 3 aromatic rings. The minimum atomic E-state index is -0.291. The van der Waals surface area contributed by atoms with E-state index in [0.717, 1.165) is 10.7 Å². The van der Waals surface area contributed by atoms with Crippen molar-refractivity contribution in [1.82, 2.24) is 20.1 Å². The van der Waals surface area contributed by atoms with E-state index >= 15 is 0 Å². The Hall–Kier alpha value is -2.32. The summed E-state index contributed by atoms with van der Waals surface area (Å²) in [6, 6.07) is 6.86. The molecule has 3 heterocycles. The van der Waals surface area contributed by atoms with Gasteiger partial charge in [-0.3, -0.25) is 9.59 Å². The number of thiophene rings is 1. The van der Waals surface area contributed by atoms with E-state index in [2.05, 4.69) is 15.4 Å². The largest absolute Gasteiger partial charge is 0.345 e. The number of hydrogen-bond donors (Lipinski definition) is 1. The zero-order valence-electron chi connectivity index (χ0n) is 13.9. The predicted octanol–water partition coefficient (Wildman–Crippen LogP) is 2.48. The van der Waals surface area contributed by atoms with Crippen molar-refractivity contribution in [2.24, 2.45) is 0 Å². The second-order valence-corrected chi connectivity index (χ2v) is 7.62. The van der Waals surface area contributed by atoms with Gasteiger partial charge in [-0.05, 0) is 31.4 Å². The molecule has 0 aromatic carbocycles. The second-order valence-electron chi connectivity index (χ2n) is 5.70. The van der Waals surface area contributed by atoms with Gasteiger partial charge in [0.05, 0.1) is 11.7 Å². The van der Waals surface area contributed by atoms with Crippen molar-refractivity contribution >= 4 is 28.6 Å². The molecule has 0 saturated carbocycles. The summed E-state index contributed by atoms with van der Waals surface area (Å²) in [4.78, 5) is 30.0. The lowest BCUT2D eigenvalue weighted by Crippen LogP contribution is -2.36. The number of amides is 1. The van der Waals surface area contributed by atoms with Gasteiger partial charge in [0.2, 0.25) is 5.91 Å². The van der Waals surface area contributed by atoms with Crippen molar-refractivity contribution in [3.63, 3.8) is 0 Å².